The number of aromatic nitrogens is 2. The first-order chi connectivity index (χ1) is 9.79. The van der Waals surface area contributed by atoms with Gasteiger partial charge in [-0.05, 0) is 53.0 Å². The van der Waals surface area contributed by atoms with Gasteiger partial charge in [0.15, 0.2) is 0 Å². The number of nitrogen functional groups attached to an aromatic ring is 1. The molecule has 114 valence electrons. The molecule has 0 spiro atoms. The summed E-state index contributed by atoms with van der Waals surface area (Å²) < 4.78 is 29.5. The Bertz CT molecular complexity index is 756. The molecule has 3 N–H and O–H groups in total. The fourth-order valence-electron chi connectivity index (χ4n) is 1.92. The Hall–Kier alpha value is -1.38. The normalized spacial score (nSPS) is 11.8. The number of benzene rings is 1. The van der Waals surface area contributed by atoms with Crippen molar-refractivity contribution in [2.45, 2.75) is 25.3 Å². The van der Waals surface area contributed by atoms with Crippen LogP contribution in [0.4, 0.5) is 5.69 Å². The van der Waals surface area contributed by atoms with Gasteiger partial charge in [-0.2, -0.15) is 5.10 Å². The summed E-state index contributed by atoms with van der Waals surface area (Å²) >= 11 is 3.28. The molecule has 0 aliphatic carbocycles. The van der Waals surface area contributed by atoms with Crippen molar-refractivity contribution < 1.29 is 8.42 Å². The number of nitrogens with zero attached hydrogens (tertiary/aromatic N) is 2. The number of hydrogen-bond acceptors (Lipinski definition) is 4. The van der Waals surface area contributed by atoms with Crippen LogP contribution in [0.5, 0.6) is 0 Å². The van der Waals surface area contributed by atoms with Crippen molar-refractivity contribution in [1.82, 2.24) is 14.5 Å². The second-order valence-corrected chi connectivity index (χ2v) is 7.41. The maximum atomic E-state index is 12.3. The average molecular weight is 373 g/mol. The van der Waals surface area contributed by atoms with E-state index in [0.29, 0.717) is 22.3 Å². The second kappa shape index (κ2) is 6.17. The molecule has 1 aromatic heterocycles. The molecule has 0 aliphatic rings. The van der Waals surface area contributed by atoms with Gasteiger partial charge >= 0.3 is 0 Å². The Labute approximate surface area is 132 Å². The van der Waals surface area contributed by atoms with Crippen molar-refractivity contribution in [3.8, 4) is 0 Å². The number of nitrogens with one attached hydrogen (secondary N) is 1. The van der Waals surface area contributed by atoms with Crippen molar-refractivity contribution in [1.29, 1.82) is 0 Å². The molecular formula is C13H17BrN4O2S. The molecule has 0 atom stereocenters. The first-order valence-electron chi connectivity index (χ1n) is 6.34. The minimum atomic E-state index is -3.59. The van der Waals surface area contributed by atoms with Crippen molar-refractivity contribution in [3.05, 3.63) is 40.1 Å². The Morgan fingerprint density at radius 3 is 2.71 bits per heavy atom. The highest BCUT2D eigenvalue weighted by molar-refractivity contribution is 9.10. The van der Waals surface area contributed by atoms with E-state index in [-0.39, 0.29) is 11.4 Å². The van der Waals surface area contributed by atoms with E-state index in [4.69, 9.17) is 5.73 Å². The van der Waals surface area contributed by atoms with E-state index < -0.39 is 10.0 Å². The SMILES string of the molecule is Cc1cnn(CCNS(=O)(=O)c2cc(N)c(Br)cc2C)c1. The van der Waals surface area contributed by atoms with Crippen LogP contribution in [0.15, 0.2) is 33.9 Å². The zero-order valence-electron chi connectivity index (χ0n) is 11.8. The van der Waals surface area contributed by atoms with Crippen LogP contribution >= 0.6 is 15.9 Å². The van der Waals surface area contributed by atoms with Crippen LogP contribution in [-0.2, 0) is 16.6 Å². The topological polar surface area (TPSA) is 90.0 Å². The predicted molar refractivity (Wildman–Crippen MR) is 85.4 cm³/mol. The Kier molecular flexibility index (Phi) is 4.70. The molecule has 2 aromatic rings. The van der Waals surface area contributed by atoms with Crippen LogP contribution in [0.2, 0.25) is 0 Å². The molecule has 21 heavy (non-hydrogen) atoms. The van der Waals surface area contributed by atoms with Crippen LogP contribution in [0.1, 0.15) is 11.1 Å². The molecule has 0 saturated carbocycles. The van der Waals surface area contributed by atoms with Gasteiger partial charge in [0.2, 0.25) is 10.0 Å². The van der Waals surface area contributed by atoms with E-state index in [1.807, 2.05) is 13.1 Å². The lowest BCUT2D eigenvalue weighted by atomic mass is 10.2. The molecule has 0 fully saturated rings. The van der Waals surface area contributed by atoms with Crippen molar-refractivity contribution in [3.63, 3.8) is 0 Å². The summed E-state index contributed by atoms with van der Waals surface area (Å²) in [6.07, 6.45) is 3.59. The fourth-order valence-corrected chi connectivity index (χ4v) is 3.66. The summed E-state index contributed by atoms with van der Waals surface area (Å²) in [6.45, 7) is 4.40. The first kappa shape index (κ1) is 16.0. The highest BCUT2D eigenvalue weighted by atomic mass is 79.9. The molecule has 1 heterocycles. The summed E-state index contributed by atoms with van der Waals surface area (Å²) in [4.78, 5) is 0.194. The predicted octanol–water partition coefficient (Wildman–Crippen LogP) is 1.82. The molecule has 1 aromatic carbocycles. The van der Waals surface area contributed by atoms with Crippen molar-refractivity contribution in [2.75, 3.05) is 12.3 Å². The van der Waals surface area contributed by atoms with E-state index in [9.17, 15) is 8.42 Å². The molecule has 0 amide bonds. The number of rotatable bonds is 5. The number of aryl methyl sites for hydroxylation is 2. The van der Waals surface area contributed by atoms with E-state index in [1.54, 1.807) is 23.9 Å². The molecule has 0 saturated heterocycles. The molecule has 2 rings (SSSR count). The monoisotopic (exact) mass is 372 g/mol. The number of sulfonamides is 1. The van der Waals surface area contributed by atoms with Gasteiger partial charge in [0.05, 0.1) is 17.6 Å². The van der Waals surface area contributed by atoms with E-state index >= 15 is 0 Å². The van der Waals surface area contributed by atoms with Gasteiger partial charge in [-0.1, -0.05) is 0 Å². The molecule has 0 aliphatic heterocycles. The van der Waals surface area contributed by atoms with Gasteiger partial charge in [0, 0.05) is 22.9 Å². The number of hydrogen-bond donors (Lipinski definition) is 2. The lowest BCUT2D eigenvalue weighted by molar-refractivity contribution is 0.560. The molecule has 0 unspecified atom stereocenters. The number of halogens is 1. The maximum Gasteiger partial charge on any atom is 0.240 e. The van der Waals surface area contributed by atoms with Crippen LogP contribution in [0, 0.1) is 13.8 Å². The minimum absolute atomic E-state index is 0.194. The summed E-state index contributed by atoms with van der Waals surface area (Å²) in [7, 11) is -3.59. The van der Waals surface area contributed by atoms with Crippen LogP contribution in [0.3, 0.4) is 0 Å². The van der Waals surface area contributed by atoms with Crippen LogP contribution in [0.25, 0.3) is 0 Å². The highest BCUT2D eigenvalue weighted by Gasteiger charge is 2.17. The Balaban J connectivity index is 2.10. The molecule has 8 heteroatoms. The Morgan fingerprint density at radius 2 is 2.10 bits per heavy atom. The average Bonchev–Trinajstić information content (AvgIpc) is 2.79. The zero-order valence-corrected chi connectivity index (χ0v) is 14.2. The van der Waals surface area contributed by atoms with E-state index in [1.165, 1.54) is 6.07 Å². The molecule has 6 nitrogen and oxygen atoms in total. The third-order valence-corrected chi connectivity index (χ3v) is 5.27. The zero-order chi connectivity index (χ0) is 15.6. The van der Waals surface area contributed by atoms with Crippen LogP contribution < -0.4 is 10.5 Å². The third-order valence-electron chi connectivity index (χ3n) is 2.98. The van der Waals surface area contributed by atoms with Crippen molar-refractivity contribution >= 4 is 31.6 Å². The number of anilines is 1. The quantitative estimate of drug-likeness (QED) is 0.783. The molecular weight excluding hydrogens is 356 g/mol. The third kappa shape index (κ3) is 3.84. The molecule has 0 bridgehead atoms. The Morgan fingerprint density at radius 1 is 1.38 bits per heavy atom. The van der Waals surface area contributed by atoms with Gasteiger partial charge < -0.3 is 5.73 Å². The smallest absolute Gasteiger partial charge is 0.240 e. The van der Waals surface area contributed by atoms with Crippen molar-refractivity contribution in [2.24, 2.45) is 0 Å². The molecule has 0 radical (unpaired) electrons. The van der Waals surface area contributed by atoms with Gasteiger partial charge in [0.1, 0.15) is 0 Å². The minimum Gasteiger partial charge on any atom is -0.398 e. The van der Waals surface area contributed by atoms with Gasteiger partial charge in [-0.3, -0.25) is 4.68 Å². The maximum absolute atomic E-state index is 12.3. The standard InChI is InChI=1S/C13H17BrN4O2S/c1-9-7-16-18(8-9)4-3-17-21(19,20)13-6-12(15)11(14)5-10(13)2/h5-8,17H,3-4,15H2,1-2H3. The van der Waals surface area contributed by atoms with E-state index in [0.717, 1.165) is 5.56 Å². The van der Waals surface area contributed by atoms with Gasteiger partial charge in [-0.25, -0.2) is 13.1 Å². The first-order valence-corrected chi connectivity index (χ1v) is 8.61. The van der Waals surface area contributed by atoms with Gasteiger partial charge in [-0.15, -0.1) is 0 Å². The summed E-state index contributed by atoms with van der Waals surface area (Å²) in [5, 5.41) is 4.11. The lowest BCUT2D eigenvalue weighted by Crippen LogP contribution is -2.28. The van der Waals surface area contributed by atoms with Gasteiger partial charge in [0.25, 0.3) is 0 Å². The summed E-state index contributed by atoms with van der Waals surface area (Å²) in [6, 6.07) is 3.15. The lowest BCUT2D eigenvalue weighted by Gasteiger charge is -2.11. The highest BCUT2D eigenvalue weighted by Crippen LogP contribution is 2.26. The largest absolute Gasteiger partial charge is 0.398 e. The summed E-state index contributed by atoms with van der Waals surface area (Å²) in [5.41, 5.74) is 7.82. The second-order valence-electron chi connectivity index (χ2n) is 4.82. The number of nitrogens with two attached hydrogens (primary N) is 1. The van der Waals surface area contributed by atoms with Crippen LogP contribution in [-0.4, -0.2) is 24.7 Å². The summed E-state index contributed by atoms with van der Waals surface area (Å²) in [5.74, 6) is 0. The fraction of sp³-hybridized carbons (Fsp3) is 0.308. The van der Waals surface area contributed by atoms with E-state index in [2.05, 4.69) is 25.8 Å².